The van der Waals surface area contributed by atoms with E-state index in [2.05, 4.69) is 10.3 Å². The van der Waals surface area contributed by atoms with E-state index >= 15 is 0 Å². The number of nitrogens with one attached hydrogen (secondary N) is 2. The summed E-state index contributed by atoms with van der Waals surface area (Å²) in [5.41, 5.74) is 3.74. The lowest BCUT2D eigenvalue weighted by molar-refractivity contribution is 0.0971. The lowest BCUT2D eigenvalue weighted by atomic mass is 9.94. The van der Waals surface area contributed by atoms with Gasteiger partial charge in [0.2, 0.25) is 0 Å². The number of amides is 1. The lowest BCUT2D eigenvalue weighted by Gasteiger charge is -2.09. The van der Waals surface area contributed by atoms with Crippen LogP contribution in [0.1, 0.15) is 50.5 Å². The molecule has 0 radical (unpaired) electrons. The Morgan fingerprint density at radius 3 is 2.77 bits per heavy atom. The average Bonchev–Trinajstić information content (AvgIpc) is 2.81. The molecule has 1 aliphatic carbocycles. The highest BCUT2D eigenvalue weighted by Crippen LogP contribution is 2.27. The highest BCUT2D eigenvalue weighted by atomic mass is 19.1. The summed E-state index contributed by atoms with van der Waals surface area (Å²) in [6.45, 7) is 3.57. The Bertz CT molecular complexity index is 777. The monoisotopic (exact) mass is 300 g/mol. The predicted octanol–water partition coefficient (Wildman–Crippen LogP) is 3.54. The van der Waals surface area contributed by atoms with Gasteiger partial charge in [-0.15, -0.1) is 0 Å². The van der Waals surface area contributed by atoms with Gasteiger partial charge in [0.15, 0.2) is 5.78 Å². The minimum absolute atomic E-state index is 0.0796. The zero-order valence-corrected chi connectivity index (χ0v) is 12.5. The van der Waals surface area contributed by atoms with Crippen LogP contribution in [0.15, 0.2) is 18.2 Å². The van der Waals surface area contributed by atoms with E-state index in [0.717, 1.165) is 24.1 Å². The average molecular weight is 300 g/mol. The number of hydrogen-bond donors (Lipinski definition) is 2. The predicted molar refractivity (Wildman–Crippen MR) is 81.9 cm³/mol. The molecule has 0 aliphatic heterocycles. The van der Waals surface area contributed by atoms with Crippen LogP contribution < -0.4 is 5.32 Å². The number of carbonyl (C=O) groups excluding carboxylic acids is 2. The van der Waals surface area contributed by atoms with Crippen LogP contribution in [0.3, 0.4) is 0 Å². The first kappa shape index (κ1) is 14.5. The van der Waals surface area contributed by atoms with Crippen molar-refractivity contribution in [2.24, 2.45) is 0 Å². The summed E-state index contributed by atoms with van der Waals surface area (Å²) in [7, 11) is 0. The van der Waals surface area contributed by atoms with E-state index in [4.69, 9.17) is 0 Å². The van der Waals surface area contributed by atoms with Crippen molar-refractivity contribution in [1.82, 2.24) is 4.98 Å². The van der Waals surface area contributed by atoms with Gasteiger partial charge in [-0.2, -0.15) is 0 Å². The molecule has 1 aromatic carbocycles. The number of aromatic amines is 1. The van der Waals surface area contributed by atoms with Crippen molar-refractivity contribution >= 4 is 17.4 Å². The molecule has 2 N–H and O–H groups in total. The van der Waals surface area contributed by atoms with E-state index in [1.807, 2.05) is 0 Å². The summed E-state index contributed by atoms with van der Waals surface area (Å²) < 4.78 is 13.3. The molecule has 5 heteroatoms. The van der Waals surface area contributed by atoms with E-state index < -0.39 is 5.82 Å². The molecule has 2 aromatic rings. The molecule has 0 saturated carbocycles. The fourth-order valence-electron chi connectivity index (χ4n) is 2.91. The number of Topliss-reactive ketones (excluding diaryl/α,β-unsaturated/α-hetero) is 1. The Hall–Kier alpha value is -2.43. The van der Waals surface area contributed by atoms with Crippen molar-refractivity contribution < 1.29 is 14.0 Å². The van der Waals surface area contributed by atoms with E-state index in [1.165, 1.54) is 12.1 Å². The number of hydrogen-bond acceptors (Lipinski definition) is 2. The molecule has 0 spiro atoms. The number of carbonyl (C=O) groups is 2. The molecular formula is C17H17FN2O2. The van der Waals surface area contributed by atoms with Crippen molar-refractivity contribution in [1.29, 1.82) is 0 Å². The largest absolute Gasteiger partial charge is 0.354 e. The Morgan fingerprint density at radius 2 is 2.05 bits per heavy atom. The summed E-state index contributed by atoms with van der Waals surface area (Å²) in [5, 5.41) is 2.71. The number of rotatable bonds is 2. The van der Waals surface area contributed by atoms with E-state index in [0.29, 0.717) is 28.9 Å². The van der Waals surface area contributed by atoms with Crippen LogP contribution in [0.25, 0.3) is 0 Å². The molecule has 22 heavy (non-hydrogen) atoms. The molecule has 1 aromatic heterocycles. The normalized spacial score (nSPS) is 13.9. The first-order chi connectivity index (χ1) is 10.5. The Morgan fingerprint density at radius 1 is 1.27 bits per heavy atom. The second-order valence-electron chi connectivity index (χ2n) is 5.67. The van der Waals surface area contributed by atoms with Crippen LogP contribution in [-0.4, -0.2) is 16.7 Å². The first-order valence-corrected chi connectivity index (χ1v) is 7.29. The Balaban J connectivity index is 1.93. The maximum Gasteiger partial charge on any atom is 0.272 e. The van der Waals surface area contributed by atoms with Gasteiger partial charge in [-0.3, -0.25) is 9.59 Å². The number of halogens is 1. The topological polar surface area (TPSA) is 62.0 Å². The lowest BCUT2D eigenvalue weighted by Crippen LogP contribution is -2.15. The Kier molecular flexibility index (Phi) is 3.56. The fourth-order valence-corrected chi connectivity index (χ4v) is 2.91. The first-order valence-electron chi connectivity index (χ1n) is 7.29. The van der Waals surface area contributed by atoms with Gasteiger partial charge in [0.05, 0.1) is 0 Å². The SMILES string of the molecule is Cc1ccc(F)cc1NC(=O)c1[nH]c2c(c1C)C(=O)CCC2. The van der Waals surface area contributed by atoms with E-state index in [9.17, 15) is 14.0 Å². The summed E-state index contributed by atoms with van der Waals surface area (Å²) in [4.78, 5) is 27.5. The quantitative estimate of drug-likeness (QED) is 0.891. The minimum Gasteiger partial charge on any atom is -0.354 e. The number of H-pyrrole nitrogens is 1. The third-order valence-corrected chi connectivity index (χ3v) is 4.11. The standard InChI is InChI=1S/C17H17FN2O2/c1-9-6-7-11(18)8-13(9)20-17(22)16-10(2)15-12(19-16)4-3-5-14(15)21/h6-8,19H,3-5H2,1-2H3,(H,20,22). The molecule has 0 bridgehead atoms. The van der Waals surface area contributed by atoms with Gasteiger partial charge in [0.1, 0.15) is 11.5 Å². The van der Waals surface area contributed by atoms with Crippen molar-refractivity contribution in [2.45, 2.75) is 33.1 Å². The maximum atomic E-state index is 13.3. The summed E-state index contributed by atoms with van der Waals surface area (Å²) in [5.74, 6) is -0.678. The smallest absolute Gasteiger partial charge is 0.272 e. The van der Waals surface area contributed by atoms with Crippen molar-refractivity contribution in [2.75, 3.05) is 5.32 Å². The molecule has 0 fully saturated rings. The fraction of sp³-hybridized carbons (Fsp3) is 0.294. The van der Waals surface area contributed by atoms with Gasteiger partial charge in [-0.05, 0) is 49.9 Å². The highest BCUT2D eigenvalue weighted by Gasteiger charge is 2.26. The van der Waals surface area contributed by atoms with Crippen LogP contribution in [-0.2, 0) is 6.42 Å². The van der Waals surface area contributed by atoms with Gasteiger partial charge in [-0.25, -0.2) is 4.39 Å². The van der Waals surface area contributed by atoms with E-state index in [1.54, 1.807) is 19.9 Å². The molecule has 114 valence electrons. The minimum atomic E-state index is -0.404. The molecule has 4 nitrogen and oxygen atoms in total. The van der Waals surface area contributed by atoms with Crippen LogP contribution in [0.2, 0.25) is 0 Å². The molecule has 1 amide bonds. The second-order valence-corrected chi connectivity index (χ2v) is 5.67. The van der Waals surface area contributed by atoms with Crippen molar-refractivity contribution in [3.05, 3.63) is 52.1 Å². The number of benzene rings is 1. The summed E-state index contributed by atoms with van der Waals surface area (Å²) in [6, 6.07) is 4.25. The van der Waals surface area contributed by atoms with Gasteiger partial charge in [0.25, 0.3) is 5.91 Å². The molecule has 0 unspecified atom stereocenters. The third-order valence-electron chi connectivity index (χ3n) is 4.11. The number of fused-ring (bicyclic) bond motifs is 1. The summed E-state index contributed by atoms with van der Waals surface area (Å²) in [6.07, 6.45) is 2.10. The molecular weight excluding hydrogens is 283 g/mol. The summed E-state index contributed by atoms with van der Waals surface area (Å²) >= 11 is 0. The van der Waals surface area contributed by atoms with Crippen LogP contribution in [0.4, 0.5) is 10.1 Å². The number of ketones is 1. The molecule has 0 saturated heterocycles. The number of aromatic nitrogens is 1. The Labute approximate surface area is 127 Å². The van der Waals surface area contributed by atoms with Gasteiger partial charge >= 0.3 is 0 Å². The molecule has 1 aliphatic rings. The third kappa shape index (κ3) is 2.43. The van der Waals surface area contributed by atoms with Gasteiger partial charge in [0, 0.05) is 23.4 Å². The zero-order chi connectivity index (χ0) is 15.9. The maximum absolute atomic E-state index is 13.3. The second kappa shape index (κ2) is 5.40. The highest BCUT2D eigenvalue weighted by molar-refractivity contribution is 6.08. The van der Waals surface area contributed by atoms with Crippen LogP contribution in [0, 0.1) is 19.7 Å². The van der Waals surface area contributed by atoms with Crippen molar-refractivity contribution in [3.8, 4) is 0 Å². The van der Waals surface area contributed by atoms with E-state index in [-0.39, 0.29) is 11.7 Å². The molecule has 1 heterocycles. The molecule has 3 rings (SSSR count). The van der Waals surface area contributed by atoms with Crippen LogP contribution in [0.5, 0.6) is 0 Å². The zero-order valence-electron chi connectivity index (χ0n) is 12.5. The molecule has 0 atom stereocenters. The van der Waals surface area contributed by atoms with Gasteiger partial charge in [-0.1, -0.05) is 6.07 Å². The van der Waals surface area contributed by atoms with Gasteiger partial charge < -0.3 is 10.3 Å². The number of anilines is 1. The van der Waals surface area contributed by atoms with Crippen molar-refractivity contribution in [3.63, 3.8) is 0 Å². The number of aryl methyl sites for hydroxylation is 2. The van der Waals surface area contributed by atoms with Crippen LogP contribution >= 0.6 is 0 Å².